The van der Waals surface area contributed by atoms with Crippen molar-refractivity contribution in [2.45, 2.75) is 19.3 Å². The van der Waals surface area contributed by atoms with Crippen LogP contribution < -0.4 is 0 Å². The SMILES string of the molecule is CC1(C)c2ccccc2-c2cc(-c3cccc(-c4ccc5oc6ccccc6c5c4)c3-c3c4ccccc4c(-c4cc(-c5ccccc5)c5ccccc5c4)c4ccccc34)ccc21. The third-order valence-corrected chi connectivity index (χ3v) is 14.1. The molecule has 0 bridgehead atoms. The Labute approximate surface area is 372 Å². The van der Waals surface area contributed by atoms with Gasteiger partial charge in [0.2, 0.25) is 0 Å². The molecule has 0 N–H and O–H groups in total. The fraction of sp³-hybridized carbons (Fsp3) is 0.0476. The molecule has 1 heteroatoms. The highest BCUT2D eigenvalue weighted by atomic mass is 16.3. The van der Waals surface area contributed by atoms with Crippen LogP contribution in [0.5, 0.6) is 0 Å². The quantitative estimate of drug-likeness (QED) is 0.158. The van der Waals surface area contributed by atoms with Crippen LogP contribution in [-0.4, -0.2) is 0 Å². The van der Waals surface area contributed by atoms with E-state index in [2.05, 4.69) is 226 Å². The molecule has 13 rings (SSSR count). The molecule has 11 aromatic carbocycles. The molecule has 0 radical (unpaired) electrons. The first-order valence-electron chi connectivity index (χ1n) is 22.3. The Kier molecular flexibility index (Phi) is 8.02. The van der Waals surface area contributed by atoms with E-state index in [9.17, 15) is 0 Å². The standard InChI is InChI=1S/C63H42O/c1-63(2)56-29-14-12-21-47(56)54-36-41(31-33-57(54)63)45-27-16-28-46(42-32-34-59-55(37-42)48-22-13-15-30-58(48)64-59)61(45)62-51-25-10-8-23-49(51)60(50-24-9-11-26-52(50)62)43-35-40-19-6-7-20-44(40)53(38-43)39-17-4-3-5-18-39/h3-38H,1-2H3. The Morgan fingerprint density at radius 3 is 1.56 bits per heavy atom. The summed E-state index contributed by atoms with van der Waals surface area (Å²) in [4.78, 5) is 0. The minimum atomic E-state index is -0.0801. The van der Waals surface area contributed by atoms with Gasteiger partial charge in [-0.15, -0.1) is 0 Å². The van der Waals surface area contributed by atoms with Crippen LogP contribution in [0.3, 0.4) is 0 Å². The molecule has 0 fully saturated rings. The monoisotopic (exact) mass is 814 g/mol. The van der Waals surface area contributed by atoms with E-state index in [0.29, 0.717) is 0 Å². The number of furan rings is 1. The summed E-state index contributed by atoms with van der Waals surface area (Å²) in [5.74, 6) is 0. The predicted octanol–water partition coefficient (Wildman–Crippen LogP) is 17.7. The summed E-state index contributed by atoms with van der Waals surface area (Å²) in [6, 6.07) is 80.8. The van der Waals surface area contributed by atoms with Crippen LogP contribution in [0.4, 0.5) is 0 Å². The van der Waals surface area contributed by atoms with Crippen LogP contribution in [-0.2, 0) is 5.41 Å². The van der Waals surface area contributed by atoms with Gasteiger partial charge in [-0.1, -0.05) is 196 Å². The smallest absolute Gasteiger partial charge is 0.135 e. The van der Waals surface area contributed by atoms with Crippen molar-refractivity contribution in [3.63, 3.8) is 0 Å². The number of hydrogen-bond donors (Lipinski definition) is 0. The van der Waals surface area contributed by atoms with Crippen molar-refractivity contribution >= 4 is 54.3 Å². The first-order chi connectivity index (χ1) is 31.5. The fourth-order valence-electron chi connectivity index (χ4n) is 11.1. The molecule has 1 aliphatic carbocycles. The van der Waals surface area contributed by atoms with Crippen LogP contribution in [0.1, 0.15) is 25.0 Å². The van der Waals surface area contributed by atoms with Crippen molar-refractivity contribution in [2.75, 3.05) is 0 Å². The molecule has 300 valence electrons. The van der Waals surface area contributed by atoms with E-state index in [1.54, 1.807) is 0 Å². The molecule has 0 saturated heterocycles. The fourth-order valence-corrected chi connectivity index (χ4v) is 11.1. The van der Waals surface area contributed by atoms with Crippen molar-refractivity contribution in [1.82, 2.24) is 0 Å². The van der Waals surface area contributed by atoms with Crippen molar-refractivity contribution in [3.8, 4) is 66.8 Å². The highest BCUT2D eigenvalue weighted by Crippen LogP contribution is 2.53. The molecular formula is C63H42O. The molecule has 1 heterocycles. The lowest BCUT2D eigenvalue weighted by Crippen LogP contribution is -2.14. The van der Waals surface area contributed by atoms with Crippen molar-refractivity contribution < 1.29 is 4.42 Å². The molecule has 0 amide bonds. The molecule has 12 aromatic rings. The summed E-state index contributed by atoms with van der Waals surface area (Å²) in [6.07, 6.45) is 0. The Balaban J connectivity index is 1.14. The molecule has 0 atom stereocenters. The lowest BCUT2D eigenvalue weighted by Gasteiger charge is -2.24. The summed E-state index contributed by atoms with van der Waals surface area (Å²) in [6.45, 7) is 4.72. The maximum Gasteiger partial charge on any atom is 0.135 e. The van der Waals surface area contributed by atoms with E-state index < -0.39 is 0 Å². The van der Waals surface area contributed by atoms with Gasteiger partial charge >= 0.3 is 0 Å². The third-order valence-electron chi connectivity index (χ3n) is 14.1. The average Bonchev–Trinajstić information content (AvgIpc) is 3.83. The highest BCUT2D eigenvalue weighted by Gasteiger charge is 2.35. The molecular weight excluding hydrogens is 773 g/mol. The van der Waals surface area contributed by atoms with Crippen LogP contribution in [0.25, 0.3) is 121 Å². The van der Waals surface area contributed by atoms with Gasteiger partial charge in [0.15, 0.2) is 0 Å². The van der Waals surface area contributed by atoms with Crippen LogP contribution in [0.2, 0.25) is 0 Å². The zero-order valence-corrected chi connectivity index (χ0v) is 35.7. The van der Waals surface area contributed by atoms with Gasteiger partial charge in [-0.2, -0.15) is 0 Å². The van der Waals surface area contributed by atoms with Gasteiger partial charge in [0.05, 0.1) is 0 Å². The maximum absolute atomic E-state index is 6.37. The van der Waals surface area contributed by atoms with Gasteiger partial charge < -0.3 is 4.42 Å². The zero-order chi connectivity index (χ0) is 42.5. The second kappa shape index (κ2) is 14.0. The van der Waals surface area contributed by atoms with E-state index in [-0.39, 0.29) is 5.41 Å². The van der Waals surface area contributed by atoms with Gasteiger partial charge in [-0.25, -0.2) is 0 Å². The maximum atomic E-state index is 6.37. The van der Waals surface area contributed by atoms with Gasteiger partial charge in [0.1, 0.15) is 11.2 Å². The molecule has 0 aliphatic heterocycles. The highest BCUT2D eigenvalue weighted by molar-refractivity contribution is 6.24. The zero-order valence-electron chi connectivity index (χ0n) is 35.7. The Morgan fingerprint density at radius 1 is 0.281 bits per heavy atom. The van der Waals surface area contributed by atoms with Crippen molar-refractivity contribution in [2.24, 2.45) is 0 Å². The number of para-hydroxylation sites is 1. The Morgan fingerprint density at radius 2 is 0.812 bits per heavy atom. The van der Waals surface area contributed by atoms with Gasteiger partial charge in [-0.3, -0.25) is 0 Å². The number of rotatable bonds is 5. The molecule has 64 heavy (non-hydrogen) atoms. The molecule has 0 unspecified atom stereocenters. The lowest BCUT2D eigenvalue weighted by atomic mass is 9.79. The van der Waals surface area contributed by atoms with Gasteiger partial charge in [0.25, 0.3) is 0 Å². The molecule has 0 spiro atoms. The topological polar surface area (TPSA) is 13.1 Å². The molecule has 1 nitrogen and oxygen atoms in total. The first kappa shape index (κ1) is 36.6. The van der Waals surface area contributed by atoms with Crippen LogP contribution >= 0.6 is 0 Å². The molecule has 0 saturated carbocycles. The van der Waals surface area contributed by atoms with Gasteiger partial charge in [-0.05, 0) is 147 Å². The van der Waals surface area contributed by atoms with Crippen molar-refractivity contribution in [3.05, 3.63) is 230 Å². The number of hydrogen-bond acceptors (Lipinski definition) is 1. The normalized spacial score (nSPS) is 13.0. The second-order valence-corrected chi connectivity index (χ2v) is 17.9. The third kappa shape index (κ3) is 5.44. The summed E-state index contributed by atoms with van der Waals surface area (Å²) >= 11 is 0. The van der Waals surface area contributed by atoms with E-state index >= 15 is 0 Å². The van der Waals surface area contributed by atoms with Crippen molar-refractivity contribution in [1.29, 1.82) is 0 Å². The first-order valence-corrected chi connectivity index (χ1v) is 22.3. The van der Waals surface area contributed by atoms with Gasteiger partial charge in [0, 0.05) is 16.2 Å². The van der Waals surface area contributed by atoms with E-state index in [0.717, 1.165) is 27.5 Å². The largest absolute Gasteiger partial charge is 0.456 e. The lowest BCUT2D eigenvalue weighted by molar-refractivity contribution is 0.660. The Bertz CT molecular complexity index is 3810. The summed E-state index contributed by atoms with van der Waals surface area (Å²) < 4.78 is 6.37. The van der Waals surface area contributed by atoms with E-state index in [4.69, 9.17) is 4.42 Å². The van der Waals surface area contributed by atoms with Crippen LogP contribution in [0, 0.1) is 0 Å². The van der Waals surface area contributed by atoms with Crippen LogP contribution in [0.15, 0.2) is 223 Å². The summed E-state index contributed by atoms with van der Waals surface area (Å²) in [5.41, 5.74) is 19.2. The predicted molar refractivity (Wildman–Crippen MR) is 271 cm³/mol. The Hall–Kier alpha value is -8.00. The molecule has 1 aromatic heterocycles. The second-order valence-electron chi connectivity index (χ2n) is 17.9. The summed E-state index contributed by atoms with van der Waals surface area (Å²) in [7, 11) is 0. The molecule has 1 aliphatic rings. The average molecular weight is 815 g/mol. The minimum Gasteiger partial charge on any atom is -0.456 e. The van der Waals surface area contributed by atoms with E-state index in [1.165, 1.54) is 105 Å². The number of fused-ring (bicyclic) bond motifs is 9. The minimum absolute atomic E-state index is 0.0801. The number of benzene rings is 11. The van der Waals surface area contributed by atoms with E-state index in [1.807, 2.05) is 6.07 Å². The summed E-state index contributed by atoms with van der Waals surface area (Å²) in [5, 5.41) is 9.64.